The Morgan fingerprint density at radius 2 is 1.82 bits per heavy atom. The molecule has 0 fully saturated rings. The number of carboxylic acid groups (broad SMARTS) is 2. The molecule has 0 aromatic heterocycles. The zero-order valence-corrected chi connectivity index (χ0v) is 12.5. The highest BCUT2D eigenvalue weighted by molar-refractivity contribution is 6.02. The molecule has 0 radical (unpaired) electrons. The zero-order chi connectivity index (χ0) is 16.4. The van der Waals surface area contributed by atoms with Crippen LogP contribution >= 0.6 is 0 Å². The predicted molar refractivity (Wildman–Crippen MR) is 79.6 cm³/mol. The van der Waals surface area contributed by atoms with E-state index in [-0.39, 0.29) is 18.7 Å². The summed E-state index contributed by atoms with van der Waals surface area (Å²) in [5.41, 5.74) is 1.43. The molecule has 2 rings (SSSR count). The van der Waals surface area contributed by atoms with Gasteiger partial charge in [-0.25, -0.2) is 4.79 Å². The Bertz CT molecular complexity index is 612. The van der Waals surface area contributed by atoms with Gasteiger partial charge in [-0.15, -0.1) is 0 Å². The number of fused-ring (bicyclic) bond motifs is 1. The smallest absolute Gasteiger partial charge is 0.327 e. The summed E-state index contributed by atoms with van der Waals surface area (Å²) in [5, 5.41) is 18.3. The van der Waals surface area contributed by atoms with Gasteiger partial charge in [0.2, 0.25) is 5.91 Å². The van der Waals surface area contributed by atoms with Crippen molar-refractivity contribution in [2.45, 2.75) is 32.7 Å². The van der Waals surface area contributed by atoms with E-state index >= 15 is 0 Å². The highest BCUT2D eigenvalue weighted by Crippen LogP contribution is 2.34. The number of nitrogens with zero attached hydrogens (tertiary/aromatic N) is 1. The summed E-state index contributed by atoms with van der Waals surface area (Å²) in [7, 11) is 0. The van der Waals surface area contributed by atoms with E-state index < -0.39 is 29.8 Å². The molecule has 1 aliphatic heterocycles. The number of carboxylic acids is 2. The van der Waals surface area contributed by atoms with Crippen LogP contribution in [0.4, 0.5) is 5.69 Å². The molecule has 1 amide bonds. The Labute approximate surface area is 128 Å². The second-order valence-electron chi connectivity index (χ2n) is 5.77. The number of rotatable bonds is 5. The van der Waals surface area contributed by atoms with Gasteiger partial charge in [0, 0.05) is 18.0 Å². The van der Waals surface area contributed by atoms with Crippen LogP contribution in [0.1, 0.15) is 25.8 Å². The quantitative estimate of drug-likeness (QED) is 0.864. The maximum absolute atomic E-state index is 12.7. The first-order valence-electron chi connectivity index (χ1n) is 7.19. The van der Waals surface area contributed by atoms with Crippen LogP contribution in [0, 0.1) is 11.8 Å². The van der Waals surface area contributed by atoms with E-state index in [4.69, 9.17) is 5.11 Å². The summed E-state index contributed by atoms with van der Waals surface area (Å²) in [6.07, 6.45) is 0.456. The molecular weight excluding hydrogens is 286 g/mol. The summed E-state index contributed by atoms with van der Waals surface area (Å²) in [6.45, 7) is 3.18. The maximum atomic E-state index is 12.7. The van der Waals surface area contributed by atoms with E-state index in [0.717, 1.165) is 5.56 Å². The number of hydrogen-bond donors (Lipinski definition) is 2. The highest BCUT2D eigenvalue weighted by Gasteiger charge is 2.40. The molecule has 1 unspecified atom stereocenters. The van der Waals surface area contributed by atoms with E-state index in [1.54, 1.807) is 26.0 Å². The summed E-state index contributed by atoms with van der Waals surface area (Å²) < 4.78 is 0. The van der Waals surface area contributed by atoms with Crippen LogP contribution in [-0.4, -0.2) is 34.1 Å². The Morgan fingerprint density at radius 1 is 1.18 bits per heavy atom. The molecule has 6 nitrogen and oxygen atoms in total. The fraction of sp³-hybridized carbons (Fsp3) is 0.438. The Hall–Kier alpha value is -2.37. The lowest BCUT2D eigenvalue weighted by atomic mass is 9.96. The van der Waals surface area contributed by atoms with Crippen molar-refractivity contribution in [3.63, 3.8) is 0 Å². The lowest BCUT2D eigenvalue weighted by molar-refractivity contribution is -0.143. The number of hydrogen-bond acceptors (Lipinski definition) is 3. The van der Waals surface area contributed by atoms with Crippen LogP contribution in [0.3, 0.4) is 0 Å². The first-order valence-corrected chi connectivity index (χ1v) is 7.19. The van der Waals surface area contributed by atoms with E-state index in [1.807, 2.05) is 12.1 Å². The van der Waals surface area contributed by atoms with E-state index in [1.165, 1.54) is 4.90 Å². The van der Waals surface area contributed by atoms with Crippen molar-refractivity contribution in [1.29, 1.82) is 0 Å². The minimum absolute atomic E-state index is 0.180. The Kier molecular flexibility index (Phi) is 4.49. The van der Waals surface area contributed by atoms with Crippen LogP contribution in [0.15, 0.2) is 24.3 Å². The van der Waals surface area contributed by atoms with Crippen LogP contribution < -0.4 is 4.90 Å². The van der Waals surface area contributed by atoms with Crippen molar-refractivity contribution < 1.29 is 24.6 Å². The van der Waals surface area contributed by atoms with Crippen LogP contribution in [-0.2, 0) is 20.8 Å². The number of para-hydroxylation sites is 1. The molecule has 118 valence electrons. The molecule has 1 aliphatic rings. The van der Waals surface area contributed by atoms with Crippen molar-refractivity contribution in [1.82, 2.24) is 0 Å². The van der Waals surface area contributed by atoms with Gasteiger partial charge in [0.25, 0.3) is 0 Å². The standard InChI is InChI=1S/C16H19NO5/c1-9(7-10(2)15(19)20)14(18)17-12-6-4-3-5-11(12)8-13(17)16(21)22/h3-6,9-10,13H,7-8H2,1-2H3,(H,19,20)(H,21,22)/t9-,10-,13?/m1/s1. The lowest BCUT2D eigenvalue weighted by Gasteiger charge is -2.26. The number of amides is 1. The van der Waals surface area contributed by atoms with Gasteiger partial charge in [-0.05, 0) is 18.1 Å². The fourth-order valence-corrected chi connectivity index (χ4v) is 2.83. The van der Waals surface area contributed by atoms with E-state index in [0.29, 0.717) is 5.69 Å². The molecule has 0 saturated carbocycles. The third-order valence-corrected chi connectivity index (χ3v) is 4.05. The second kappa shape index (κ2) is 6.17. The van der Waals surface area contributed by atoms with Gasteiger partial charge in [0.05, 0.1) is 5.92 Å². The van der Waals surface area contributed by atoms with Gasteiger partial charge in [0.1, 0.15) is 6.04 Å². The van der Waals surface area contributed by atoms with Gasteiger partial charge < -0.3 is 10.2 Å². The van der Waals surface area contributed by atoms with Gasteiger partial charge >= 0.3 is 11.9 Å². The molecule has 0 aliphatic carbocycles. The van der Waals surface area contributed by atoms with Gasteiger partial charge in [-0.3, -0.25) is 14.5 Å². The SMILES string of the molecule is C[C@H](C[C@@H](C)C(=O)N1c2ccccc2CC1C(=O)O)C(=O)O. The molecule has 0 bridgehead atoms. The second-order valence-corrected chi connectivity index (χ2v) is 5.77. The summed E-state index contributed by atoms with van der Waals surface area (Å²) >= 11 is 0. The van der Waals surface area contributed by atoms with Crippen LogP contribution in [0.2, 0.25) is 0 Å². The molecule has 0 saturated heterocycles. The minimum Gasteiger partial charge on any atom is -0.481 e. The number of carbonyl (C=O) groups excluding carboxylic acids is 1. The average Bonchev–Trinajstić information content (AvgIpc) is 2.85. The van der Waals surface area contributed by atoms with Crippen molar-refractivity contribution in [2.24, 2.45) is 11.8 Å². The highest BCUT2D eigenvalue weighted by atomic mass is 16.4. The molecule has 6 heteroatoms. The molecular formula is C16H19NO5. The van der Waals surface area contributed by atoms with Crippen molar-refractivity contribution in [2.75, 3.05) is 4.90 Å². The van der Waals surface area contributed by atoms with Crippen LogP contribution in [0.5, 0.6) is 0 Å². The van der Waals surface area contributed by atoms with Crippen molar-refractivity contribution in [3.8, 4) is 0 Å². The Balaban J connectivity index is 2.25. The van der Waals surface area contributed by atoms with Gasteiger partial charge in [-0.2, -0.15) is 0 Å². The van der Waals surface area contributed by atoms with Crippen molar-refractivity contribution >= 4 is 23.5 Å². The van der Waals surface area contributed by atoms with Gasteiger partial charge in [-0.1, -0.05) is 32.0 Å². The van der Waals surface area contributed by atoms with Gasteiger partial charge in [0.15, 0.2) is 0 Å². The molecule has 1 aromatic carbocycles. The molecule has 1 aromatic rings. The van der Waals surface area contributed by atoms with Crippen LogP contribution in [0.25, 0.3) is 0 Å². The first-order chi connectivity index (χ1) is 10.3. The monoisotopic (exact) mass is 305 g/mol. The molecule has 0 spiro atoms. The maximum Gasteiger partial charge on any atom is 0.327 e. The summed E-state index contributed by atoms with van der Waals surface area (Å²) in [5.74, 6) is -3.57. The zero-order valence-electron chi connectivity index (χ0n) is 12.5. The third-order valence-electron chi connectivity index (χ3n) is 4.05. The minimum atomic E-state index is -1.05. The van der Waals surface area contributed by atoms with Crippen molar-refractivity contribution in [3.05, 3.63) is 29.8 Å². The molecule has 22 heavy (non-hydrogen) atoms. The number of carbonyl (C=O) groups is 3. The molecule has 1 heterocycles. The first kappa shape index (κ1) is 16.0. The third kappa shape index (κ3) is 2.95. The number of aliphatic carboxylic acids is 2. The van der Waals surface area contributed by atoms with E-state index in [2.05, 4.69) is 0 Å². The molecule has 2 N–H and O–H groups in total. The fourth-order valence-electron chi connectivity index (χ4n) is 2.83. The average molecular weight is 305 g/mol. The largest absolute Gasteiger partial charge is 0.481 e. The number of anilines is 1. The summed E-state index contributed by atoms with van der Waals surface area (Å²) in [4.78, 5) is 36.3. The molecule has 3 atom stereocenters. The lowest BCUT2D eigenvalue weighted by Crippen LogP contribution is -2.45. The normalized spacial score (nSPS) is 19.4. The topological polar surface area (TPSA) is 94.9 Å². The predicted octanol–water partition coefficient (Wildman–Crippen LogP) is 1.78. The number of benzene rings is 1. The Morgan fingerprint density at radius 3 is 2.41 bits per heavy atom. The van der Waals surface area contributed by atoms with E-state index in [9.17, 15) is 19.5 Å². The summed E-state index contributed by atoms with van der Waals surface area (Å²) in [6, 6.07) is 6.18.